The lowest BCUT2D eigenvalue weighted by Crippen LogP contribution is -2.31. The fraction of sp³-hybridized carbons (Fsp3) is 1.00. The van der Waals surface area contributed by atoms with Gasteiger partial charge < -0.3 is 5.73 Å². The summed E-state index contributed by atoms with van der Waals surface area (Å²) in [7, 11) is -0.676. The maximum absolute atomic E-state index is 11.8. The second-order valence-electron chi connectivity index (χ2n) is 3.63. The van der Waals surface area contributed by atoms with Crippen molar-refractivity contribution < 1.29 is 4.21 Å². The Kier molecular flexibility index (Phi) is 4.22. The van der Waals surface area contributed by atoms with Crippen LogP contribution in [0.15, 0.2) is 0 Å². The zero-order valence-corrected chi connectivity index (χ0v) is 8.61. The van der Waals surface area contributed by atoms with Gasteiger partial charge in [-0.2, -0.15) is 0 Å². The van der Waals surface area contributed by atoms with Crippen LogP contribution < -0.4 is 5.73 Å². The Morgan fingerprint density at radius 2 is 2.00 bits per heavy atom. The first-order valence-electron chi connectivity index (χ1n) is 4.85. The first kappa shape index (κ1) is 10.2. The third kappa shape index (κ3) is 2.56. The molecule has 0 aromatic heterocycles. The van der Waals surface area contributed by atoms with E-state index in [0.29, 0.717) is 11.8 Å². The third-order valence-corrected chi connectivity index (χ3v) is 4.72. The topological polar surface area (TPSA) is 43.1 Å². The summed E-state index contributed by atoms with van der Waals surface area (Å²) < 4.78 is 11.8. The number of nitrogens with two attached hydrogens (primary N) is 1. The summed E-state index contributed by atoms with van der Waals surface area (Å²) in [4.78, 5) is 0. The minimum absolute atomic E-state index is 0.188. The molecule has 12 heavy (non-hydrogen) atoms. The first-order chi connectivity index (χ1) is 5.75. The molecule has 0 aromatic rings. The van der Waals surface area contributed by atoms with Crippen molar-refractivity contribution in [1.29, 1.82) is 0 Å². The molecule has 1 fully saturated rings. The molecule has 0 radical (unpaired) electrons. The Hall–Kier alpha value is 0.110. The molecule has 2 nitrogen and oxygen atoms in total. The van der Waals surface area contributed by atoms with Crippen LogP contribution in [-0.4, -0.2) is 21.3 Å². The molecule has 72 valence electrons. The Balaban J connectivity index is 2.39. The van der Waals surface area contributed by atoms with Crippen molar-refractivity contribution in [2.45, 2.75) is 49.5 Å². The Morgan fingerprint density at radius 1 is 1.42 bits per heavy atom. The zero-order chi connectivity index (χ0) is 8.97. The van der Waals surface area contributed by atoms with E-state index >= 15 is 0 Å². The van der Waals surface area contributed by atoms with Gasteiger partial charge in [0.05, 0.1) is 0 Å². The molecule has 0 aliphatic heterocycles. The quantitative estimate of drug-likeness (QED) is 0.729. The molecule has 2 N–H and O–H groups in total. The van der Waals surface area contributed by atoms with E-state index in [0.717, 1.165) is 12.8 Å². The van der Waals surface area contributed by atoms with Crippen LogP contribution in [0, 0.1) is 0 Å². The third-order valence-electron chi connectivity index (χ3n) is 2.61. The second-order valence-corrected chi connectivity index (χ2v) is 5.76. The van der Waals surface area contributed by atoms with Gasteiger partial charge in [0.1, 0.15) is 0 Å². The summed E-state index contributed by atoms with van der Waals surface area (Å²) in [5, 5.41) is 0.630. The normalized spacial score (nSPS) is 25.2. The van der Waals surface area contributed by atoms with Gasteiger partial charge in [-0.25, -0.2) is 0 Å². The molecule has 1 saturated carbocycles. The van der Waals surface area contributed by atoms with E-state index in [1.54, 1.807) is 0 Å². The van der Waals surface area contributed by atoms with Gasteiger partial charge in [0, 0.05) is 27.8 Å². The van der Waals surface area contributed by atoms with Crippen LogP contribution in [0.4, 0.5) is 0 Å². The van der Waals surface area contributed by atoms with Crippen molar-refractivity contribution in [1.82, 2.24) is 0 Å². The smallest absolute Gasteiger partial charge is 0.0445 e. The van der Waals surface area contributed by atoms with E-state index in [-0.39, 0.29) is 5.25 Å². The largest absolute Gasteiger partial charge is 0.329 e. The fourth-order valence-electron chi connectivity index (χ4n) is 1.72. The lowest BCUT2D eigenvalue weighted by atomic mass is 10.0. The minimum Gasteiger partial charge on any atom is -0.329 e. The van der Waals surface area contributed by atoms with E-state index in [4.69, 9.17) is 5.73 Å². The molecule has 0 amide bonds. The summed E-state index contributed by atoms with van der Waals surface area (Å²) in [6, 6.07) is 0. The first-order valence-corrected chi connectivity index (χ1v) is 6.12. The van der Waals surface area contributed by atoms with Gasteiger partial charge in [0.15, 0.2) is 0 Å². The summed E-state index contributed by atoms with van der Waals surface area (Å²) in [6.45, 7) is 2.55. The molecule has 0 bridgehead atoms. The van der Waals surface area contributed by atoms with Gasteiger partial charge in [-0.05, 0) is 19.8 Å². The summed E-state index contributed by atoms with van der Waals surface area (Å²) >= 11 is 0. The van der Waals surface area contributed by atoms with E-state index in [9.17, 15) is 4.21 Å². The Morgan fingerprint density at radius 3 is 2.50 bits per heavy atom. The molecule has 0 spiro atoms. The average Bonchev–Trinajstić information content (AvgIpc) is 2.17. The molecule has 2 atom stereocenters. The molecule has 0 saturated heterocycles. The van der Waals surface area contributed by atoms with Crippen molar-refractivity contribution in [2.24, 2.45) is 5.73 Å². The van der Waals surface area contributed by atoms with E-state index in [2.05, 4.69) is 0 Å². The van der Waals surface area contributed by atoms with Gasteiger partial charge in [0.25, 0.3) is 0 Å². The van der Waals surface area contributed by atoms with Gasteiger partial charge in [0.2, 0.25) is 0 Å². The van der Waals surface area contributed by atoms with Gasteiger partial charge in [-0.1, -0.05) is 19.3 Å². The summed E-state index contributed by atoms with van der Waals surface area (Å²) in [6.07, 6.45) is 6.14. The highest BCUT2D eigenvalue weighted by Crippen LogP contribution is 2.23. The van der Waals surface area contributed by atoms with Gasteiger partial charge in [-0.3, -0.25) is 4.21 Å². The minimum atomic E-state index is -0.676. The molecule has 1 aliphatic carbocycles. The van der Waals surface area contributed by atoms with Crippen molar-refractivity contribution in [2.75, 3.05) is 6.54 Å². The van der Waals surface area contributed by atoms with Crippen LogP contribution in [0.2, 0.25) is 0 Å². The highest BCUT2D eigenvalue weighted by molar-refractivity contribution is 7.86. The van der Waals surface area contributed by atoms with Crippen LogP contribution in [0.5, 0.6) is 0 Å². The van der Waals surface area contributed by atoms with Gasteiger partial charge >= 0.3 is 0 Å². The van der Waals surface area contributed by atoms with Crippen LogP contribution >= 0.6 is 0 Å². The maximum atomic E-state index is 11.8. The predicted molar refractivity (Wildman–Crippen MR) is 53.5 cm³/mol. The van der Waals surface area contributed by atoms with Gasteiger partial charge in [-0.15, -0.1) is 0 Å². The molecular weight excluding hydrogens is 170 g/mol. The van der Waals surface area contributed by atoms with Crippen molar-refractivity contribution in [3.05, 3.63) is 0 Å². The fourth-order valence-corrected chi connectivity index (χ4v) is 3.37. The average molecular weight is 189 g/mol. The van der Waals surface area contributed by atoms with Crippen LogP contribution in [0.3, 0.4) is 0 Å². The standard InChI is InChI=1S/C9H19NOS/c1-8(7-10)12(11)9-5-3-2-4-6-9/h8-9H,2-7,10H2,1H3. The highest BCUT2D eigenvalue weighted by atomic mass is 32.2. The van der Waals surface area contributed by atoms with Crippen LogP contribution in [-0.2, 0) is 10.8 Å². The number of rotatable bonds is 3. The van der Waals surface area contributed by atoms with E-state index in [1.807, 2.05) is 6.92 Å². The van der Waals surface area contributed by atoms with Crippen LogP contribution in [0.25, 0.3) is 0 Å². The molecule has 3 heteroatoms. The summed E-state index contributed by atoms with van der Waals surface area (Å²) in [5.74, 6) is 0. The lowest BCUT2D eigenvalue weighted by Gasteiger charge is -2.23. The highest BCUT2D eigenvalue weighted by Gasteiger charge is 2.22. The molecule has 1 rings (SSSR count). The maximum Gasteiger partial charge on any atom is 0.0445 e. The second kappa shape index (κ2) is 4.97. The zero-order valence-electron chi connectivity index (χ0n) is 7.79. The predicted octanol–water partition coefficient (Wildman–Crippen LogP) is 1.41. The van der Waals surface area contributed by atoms with E-state index < -0.39 is 10.8 Å². The Bertz CT molecular complexity index is 155. The van der Waals surface area contributed by atoms with Crippen molar-refractivity contribution >= 4 is 10.8 Å². The molecule has 0 aromatic carbocycles. The summed E-state index contributed by atoms with van der Waals surface area (Å²) in [5.41, 5.74) is 5.49. The number of hydrogen-bond donors (Lipinski definition) is 1. The Labute approximate surface area is 77.4 Å². The lowest BCUT2D eigenvalue weighted by molar-refractivity contribution is 0.502. The monoisotopic (exact) mass is 189 g/mol. The molecular formula is C9H19NOS. The number of hydrogen-bond acceptors (Lipinski definition) is 2. The van der Waals surface area contributed by atoms with Crippen molar-refractivity contribution in [3.8, 4) is 0 Å². The van der Waals surface area contributed by atoms with Crippen LogP contribution in [0.1, 0.15) is 39.0 Å². The van der Waals surface area contributed by atoms with E-state index in [1.165, 1.54) is 19.3 Å². The molecule has 0 heterocycles. The molecule has 2 unspecified atom stereocenters. The molecule has 1 aliphatic rings. The van der Waals surface area contributed by atoms with Crippen molar-refractivity contribution in [3.63, 3.8) is 0 Å². The SMILES string of the molecule is CC(CN)S(=O)C1CCCCC1.